The van der Waals surface area contributed by atoms with Crippen molar-refractivity contribution in [2.75, 3.05) is 0 Å². The molecular weight excluding hydrogens is 270 g/mol. The zero-order valence-electron chi connectivity index (χ0n) is 8.94. The van der Waals surface area contributed by atoms with E-state index in [-0.39, 0.29) is 0 Å². The average molecular weight is 280 g/mol. The average Bonchev–Trinajstić information content (AvgIpc) is 2.57. The molecule has 0 radical (unpaired) electrons. The summed E-state index contributed by atoms with van der Waals surface area (Å²) in [5, 5.41) is 4.36. The van der Waals surface area contributed by atoms with Gasteiger partial charge in [0.1, 0.15) is 5.69 Å². The van der Waals surface area contributed by atoms with E-state index >= 15 is 0 Å². The summed E-state index contributed by atoms with van der Waals surface area (Å²) in [6.45, 7) is 3.84. The fraction of sp³-hybridized carbons (Fsp3) is 0.182. The van der Waals surface area contributed by atoms with Crippen molar-refractivity contribution in [1.29, 1.82) is 0 Å². The van der Waals surface area contributed by atoms with Crippen LogP contribution >= 0.6 is 15.9 Å². The van der Waals surface area contributed by atoms with E-state index in [1.165, 1.54) is 0 Å². The number of pyridine rings is 1. The van der Waals surface area contributed by atoms with Crippen molar-refractivity contribution in [2.24, 2.45) is 0 Å². The number of hydrogen-bond acceptors (Lipinski definition) is 3. The molecule has 82 valence electrons. The number of nitrogens with zero attached hydrogens (tertiary/aromatic N) is 3. The molecule has 0 N–H and O–H groups in total. The van der Waals surface area contributed by atoms with Gasteiger partial charge in [-0.05, 0) is 41.9 Å². The van der Waals surface area contributed by atoms with Crippen molar-refractivity contribution in [2.45, 2.75) is 13.8 Å². The standard InChI is InChI=1S/C11H10BrN3O/c1-7-11(12)8(2)15(14-7)10-4-3-5-13-9(10)6-16/h3-6H,1-2H3. The number of carbonyl (C=O) groups is 1. The van der Waals surface area contributed by atoms with Gasteiger partial charge in [0, 0.05) is 6.20 Å². The van der Waals surface area contributed by atoms with E-state index in [1.54, 1.807) is 16.9 Å². The Balaban J connectivity index is 2.67. The third-order valence-electron chi connectivity index (χ3n) is 2.36. The molecule has 0 bridgehead atoms. The summed E-state index contributed by atoms with van der Waals surface area (Å²) in [5.41, 5.74) is 2.93. The van der Waals surface area contributed by atoms with Gasteiger partial charge in [-0.25, -0.2) is 4.68 Å². The number of aryl methyl sites for hydroxylation is 1. The molecule has 0 fully saturated rings. The summed E-state index contributed by atoms with van der Waals surface area (Å²) in [6.07, 6.45) is 2.33. The summed E-state index contributed by atoms with van der Waals surface area (Å²) < 4.78 is 2.67. The lowest BCUT2D eigenvalue weighted by Crippen LogP contribution is -2.04. The predicted molar refractivity (Wildman–Crippen MR) is 63.9 cm³/mol. The fourth-order valence-electron chi connectivity index (χ4n) is 1.54. The van der Waals surface area contributed by atoms with Gasteiger partial charge in [0.25, 0.3) is 0 Å². The molecule has 2 aromatic rings. The van der Waals surface area contributed by atoms with Crippen LogP contribution in [0.2, 0.25) is 0 Å². The second-order valence-corrected chi connectivity index (χ2v) is 4.22. The van der Waals surface area contributed by atoms with Gasteiger partial charge in [-0.2, -0.15) is 5.10 Å². The Bertz CT molecular complexity index is 548. The molecule has 0 aliphatic heterocycles. The van der Waals surface area contributed by atoms with E-state index in [9.17, 15) is 4.79 Å². The summed E-state index contributed by atoms with van der Waals surface area (Å²) in [6, 6.07) is 3.61. The van der Waals surface area contributed by atoms with Crippen LogP contribution in [0.5, 0.6) is 0 Å². The number of aromatic nitrogens is 3. The van der Waals surface area contributed by atoms with Crippen LogP contribution in [0.25, 0.3) is 5.69 Å². The highest BCUT2D eigenvalue weighted by Crippen LogP contribution is 2.23. The van der Waals surface area contributed by atoms with E-state index in [0.717, 1.165) is 22.1 Å². The van der Waals surface area contributed by atoms with Gasteiger partial charge in [-0.3, -0.25) is 9.78 Å². The van der Waals surface area contributed by atoms with Gasteiger partial charge in [0.05, 0.1) is 21.5 Å². The predicted octanol–water partition coefficient (Wildman–Crippen LogP) is 2.46. The topological polar surface area (TPSA) is 47.8 Å². The van der Waals surface area contributed by atoms with E-state index in [2.05, 4.69) is 26.0 Å². The van der Waals surface area contributed by atoms with Gasteiger partial charge < -0.3 is 0 Å². The highest BCUT2D eigenvalue weighted by Gasteiger charge is 2.13. The lowest BCUT2D eigenvalue weighted by atomic mass is 10.3. The van der Waals surface area contributed by atoms with Gasteiger partial charge in [-0.15, -0.1) is 0 Å². The first-order valence-electron chi connectivity index (χ1n) is 4.77. The summed E-state index contributed by atoms with van der Waals surface area (Å²) in [7, 11) is 0. The normalized spacial score (nSPS) is 10.4. The molecule has 0 atom stereocenters. The molecular formula is C11H10BrN3O. The molecule has 2 aromatic heterocycles. The molecule has 0 aliphatic carbocycles. The second kappa shape index (κ2) is 4.17. The summed E-state index contributed by atoms with van der Waals surface area (Å²) in [5.74, 6) is 0. The van der Waals surface area contributed by atoms with Crippen LogP contribution in [0.3, 0.4) is 0 Å². The third kappa shape index (κ3) is 1.67. The first-order valence-corrected chi connectivity index (χ1v) is 5.56. The van der Waals surface area contributed by atoms with Crippen LogP contribution in [0.15, 0.2) is 22.8 Å². The van der Waals surface area contributed by atoms with E-state index in [4.69, 9.17) is 0 Å². The maximum absolute atomic E-state index is 10.9. The molecule has 16 heavy (non-hydrogen) atoms. The van der Waals surface area contributed by atoms with Crippen LogP contribution < -0.4 is 0 Å². The molecule has 0 unspecified atom stereocenters. The SMILES string of the molecule is Cc1nn(-c2cccnc2C=O)c(C)c1Br. The largest absolute Gasteiger partial charge is 0.296 e. The Morgan fingerprint density at radius 2 is 2.19 bits per heavy atom. The summed E-state index contributed by atoms with van der Waals surface area (Å²) >= 11 is 3.45. The molecule has 0 saturated carbocycles. The Labute approximate surface area is 101 Å². The maximum Gasteiger partial charge on any atom is 0.170 e. The zero-order chi connectivity index (χ0) is 11.7. The van der Waals surface area contributed by atoms with Gasteiger partial charge in [0.2, 0.25) is 0 Å². The van der Waals surface area contributed by atoms with Crippen LogP contribution in [0, 0.1) is 13.8 Å². The number of aldehydes is 1. The van der Waals surface area contributed by atoms with Gasteiger partial charge in [0.15, 0.2) is 6.29 Å². The molecule has 0 aromatic carbocycles. The number of carbonyl (C=O) groups excluding carboxylic acids is 1. The highest BCUT2D eigenvalue weighted by atomic mass is 79.9. The molecule has 0 aliphatic rings. The lowest BCUT2D eigenvalue weighted by molar-refractivity contribution is 0.111. The van der Waals surface area contributed by atoms with Gasteiger partial charge in [-0.1, -0.05) is 0 Å². The van der Waals surface area contributed by atoms with Crippen molar-refractivity contribution >= 4 is 22.2 Å². The number of halogens is 1. The zero-order valence-corrected chi connectivity index (χ0v) is 10.5. The lowest BCUT2D eigenvalue weighted by Gasteiger charge is -2.05. The first kappa shape index (κ1) is 11.0. The van der Waals surface area contributed by atoms with Crippen LogP contribution in [-0.4, -0.2) is 21.1 Å². The minimum atomic E-state index is 0.389. The van der Waals surface area contributed by atoms with E-state index < -0.39 is 0 Å². The van der Waals surface area contributed by atoms with E-state index in [1.807, 2.05) is 19.9 Å². The van der Waals surface area contributed by atoms with Crippen LogP contribution in [0.1, 0.15) is 21.9 Å². The minimum Gasteiger partial charge on any atom is -0.296 e. The Morgan fingerprint density at radius 3 is 2.75 bits per heavy atom. The molecule has 0 saturated heterocycles. The van der Waals surface area contributed by atoms with E-state index in [0.29, 0.717) is 11.4 Å². The van der Waals surface area contributed by atoms with Gasteiger partial charge >= 0.3 is 0 Å². The maximum atomic E-state index is 10.9. The van der Waals surface area contributed by atoms with Crippen molar-refractivity contribution < 1.29 is 4.79 Å². The smallest absolute Gasteiger partial charge is 0.170 e. The Kier molecular flexibility index (Phi) is 2.87. The molecule has 2 heterocycles. The molecule has 0 amide bonds. The first-order chi connectivity index (χ1) is 7.65. The van der Waals surface area contributed by atoms with Crippen LogP contribution in [0.4, 0.5) is 0 Å². The van der Waals surface area contributed by atoms with Crippen molar-refractivity contribution in [3.05, 3.63) is 39.9 Å². The van der Waals surface area contributed by atoms with Crippen LogP contribution in [-0.2, 0) is 0 Å². The minimum absolute atomic E-state index is 0.389. The monoisotopic (exact) mass is 279 g/mol. The molecule has 0 spiro atoms. The number of rotatable bonds is 2. The molecule has 4 nitrogen and oxygen atoms in total. The second-order valence-electron chi connectivity index (χ2n) is 3.42. The molecule has 5 heteroatoms. The Hall–Kier alpha value is -1.49. The van der Waals surface area contributed by atoms with Crippen molar-refractivity contribution in [3.63, 3.8) is 0 Å². The third-order valence-corrected chi connectivity index (χ3v) is 3.51. The fourth-order valence-corrected chi connectivity index (χ4v) is 1.78. The highest BCUT2D eigenvalue weighted by molar-refractivity contribution is 9.10. The van der Waals surface area contributed by atoms with Crippen molar-refractivity contribution in [1.82, 2.24) is 14.8 Å². The quantitative estimate of drug-likeness (QED) is 0.794. The Morgan fingerprint density at radius 1 is 1.44 bits per heavy atom. The summed E-state index contributed by atoms with van der Waals surface area (Å²) in [4.78, 5) is 14.9. The molecule has 2 rings (SSSR count). The van der Waals surface area contributed by atoms with Crippen molar-refractivity contribution in [3.8, 4) is 5.69 Å². The number of hydrogen-bond donors (Lipinski definition) is 0.